The minimum Gasteiger partial charge on any atom is -0.313 e. The van der Waals surface area contributed by atoms with Crippen LogP contribution >= 0.6 is 0 Å². The van der Waals surface area contributed by atoms with Gasteiger partial charge in [-0.05, 0) is 19.4 Å². The molecule has 1 nitrogen and oxygen atoms in total. The van der Waals surface area contributed by atoms with Gasteiger partial charge in [-0.25, -0.2) is 0 Å². The number of unbranched alkanes of at least 4 members (excludes halogenated alkanes) is 2. The molecule has 0 aromatic heterocycles. The number of rotatable bonds is 7. The average molecular weight is 155 g/mol. The first-order valence-corrected chi connectivity index (χ1v) is 4.77. The number of allylic oxidation sites excluding steroid dienone is 1. The van der Waals surface area contributed by atoms with Gasteiger partial charge >= 0.3 is 0 Å². The average Bonchev–Trinajstić information content (AvgIpc) is 2.03. The van der Waals surface area contributed by atoms with Crippen molar-refractivity contribution in [2.24, 2.45) is 0 Å². The van der Waals surface area contributed by atoms with Crippen molar-refractivity contribution in [3.05, 3.63) is 12.2 Å². The van der Waals surface area contributed by atoms with E-state index < -0.39 is 0 Å². The molecular formula is C10H21N. The Hall–Kier alpha value is -0.300. The maximum atomic E-state index is 3.37. The Morgan fingerprint density at radius 3 is 2.55 bits per heavy atom. The summed E-state index contributed by atoms with van der Waals surface area (Å²) in [6.07, 6.45) is 9.53. The molecule has 0 spiro atoms. The standard InChI is InChI=1S/C10H21N/c1-3-5-7-9-11-10-8-6-4-2/h5,7,11H,3-4,6,8-10H2,1-2H3. The number of nitrogens with one attached hydrogen (secondary N) is 1. The highest BCUT2D eigenvalue weighted by Crippen LogP contribution is 1.90. The summed E-state index contributed by atoms with van der Waals surface area (Å²) in [7, 11) is 0. The molecule has 0 bridgehead atoms. The van der Waals surface area contributed by atoms with Crippen molar-refractivity contribution in [3.63, 3.8) is 0 Å². The Morgan fingerprint density at radius 2 is 1.91 bits per heavy atom. The van der Waals surface area contributed by atoms with Gasteiger partial charge in [-0.15, -0.1) is 0 Å². The fourth-order valence-corrected chi connectivity index (χ4v) is 0.935. The van der Waals surface area contributed by atoms with Gasteiger partial charge in [0, 0.05) is 6.54 Å². The molecule has 0 aromatic rings. The number of hydrogen-bond donors (Lipinski definition) is 1. The van der Waals surface area contributed by atoms with Crippen LogP contribution in [-0.2, 0) is 0 Å². The monoisotopic (exact) mass is 155 g/mol. The van der Waals surface area contributed by atoms with E-state index in [1.807, 2.05) is 0 Å². The van der Waals surface area contributed by atoms with Crippen molar-refractivity contribution < 1.29 is 0 Å². The van der Waals surface area contributed by atoms with Gasteiger partial charge < -0.3 is 5.32 Å². The van der Waals surface area contributed by atoms with Gasteiger partial charge in [-0.3, -0.25) is 0 Å². The highest BCUT2D eigenvalue weighted by Gasteiger charge is 1.83. The van der Waals surface area contributed by atoms with Crippen LogP contribution in [0.4, 0.5) is 0 Å². The third kappa shape index (κ3) is 9.70. The van der Waals surface area contributed by atoms with Gasteiger partial charge in [0.25, 0.3) is 0 Å². The molecule has 0 saturated carbocycles. The van der Waals surface area contributed by atoms with Crippen LogP contribution in [0.5, 0.6) is 0 Å². The Bertz CT molecular complexity index is 86.9. The minimum absolute atomic E-state index is 1.04. The first-order valence-electron chi connectivity index (χ1n) is 4.77. The fourth-order valence-electron chi connectivity index (χ4n) is 0.935. The van der Waals surface area contributed by atoms with E-state index in [1.54, 1.807) is 0 Å². The van der Waals surface area contributed by atoms with Crippen molar-refractivity contribution >= 4 is 0 Å². The van der Waals surface area contributed by atoms with E-state index in [1.165, 1.54) is 25.8 Å². The van der Waals surface area contributed by atoms with Crippen LogP contribution in [-0.4, -0.2) is 13.1 Å². The molecule has 0 rings (SSSR count). The summed E-state index contributed by atoms with van der Waals surface area (Å²) < 4.78 is 0. The highest BCUT2D eigenvalue weighted by molar-refractivity contribution is 4.81. The van der Waals surface area contributed by atoms with Crippen molar-refractivity contribution in [3.8, 4) is 0 Å². The molecule has 0 aliphatic carbocycles. The summed E-state index contributed by atoms with van der Waals surface area (Å²) in [5.74, 6) is 0. The summed E-state index contributed by atoms with van der Waals surface area (Å²) in [5.41, 5.74) is 0. The topological polar surface area (TPSA) is 12.0 Å². The van der Waals surface area contributed by atoms with Gasteiger partial charge in [0.1, 0.15) is 0 Å². The van der Waals surface area contributed by atoms with Crippen molar-refractivity contribution in [2.45, 2.75) is 39.5 Å². The van der Waals surface area contributed by atoms with E-state index >= 15 is 0 Å². The van der Waals surface area contributed by atoms with Gasteiger partial charge in [-0.2, -0.15) is 0 Å². The lowest BCUT2D eigenvalue weighted by Gasteiger charge is -1.98. The molecule has 0 saturated heterocycles. The molecule has 11 heavy (non-hydrogen) atoms. The smallest absolute Gasteiger partial charge is 0.0134 e. The predicted molar refractivity (Wildman–Crippen MR) is 51.8 cm³/mol. The molecule has 1 heteroatoms. The van der Waals surface area contributed by atoms with Gasteiger partial charge in [-0.1, -0.05) is 38.8 Å². The first kappa shape index (κ1) is 10.7. The Balaban J connectivity index is 2.85. The molecule has 0 heterocycles. The molecule has 0 radical (unpaired) electrons. The SMILES string of the molecule is CCC=CCNCCCCC. The summed E-state index contributed by atoms with van der Waals surface area (Å²) in [5, 5.41) is 3.37. The zero-order chi connectivity index (χ0) is 8.36. The van der Waals surface area contributed by atoms with Gasteiger partial charge in [0.2, 0.25) is 0 Å². The summed E-state index contributed by atoms with van der Waals surface area (Å²) in [6, 6.07) is 0. The number of hydrogen-bond acceptors (Lipinski definition) is 1. The molecule has 0 amide bonds. The summed E-state index contributed by atoms with van der Waals surface area (Å²) in [4.78, 5) is 0. The molecule has 0 aromatic carbocycles. The summed E-state index contributed by atoms with van der Waals surface area (Å²) >= 11 is 0. The molecule has 0 fully saturated rings. The van der Waals surface area contributed by atoms with Crippen LogP contribution in [0, 0.1) is 0 Å². The molecule has 0 aliphatic rings. The Labute approximate surface area is 70.9 Å². The lowest BCUT2D eigenvalue weighted by atomic mass is 10.2. The second-order valence-corrected chi connectivity index (χ2v) is 2.79. The van der Waals surface area contributed by atoms with Gasteiger partial charge in [0.05, 0.1) is 0 Å². The molecule has 66 valence electrons. The second-order valence-electron chi connectivity index (χ2n) is 2.79. The van der Waals surface area contributed by atoms with Crippen LogP contribution in [0.1, 0.15) is 39.5 Å². The molecule has 0 aliphatic heterocycles. The molecule has 0 atom stereocenters. The third-order valence-corrected chi connectivity index (χ3v) is 1.62. The van der Waals surface area contributed by atoms with Crippen molar-refractivity contribution in [1.29, 1.82) is 0 Å². The van der Waals surface area contributed by atoms with E-state index in [-0.39, 0.29) is 0 Å². The highest BCUT2D eigenvalue weighted by atomic mass is 14.8. The zero-order valence-electron chi connectivity index (χ0n) is 7.90. The second kappa shape index (κ2) is 9.70. The fraction of sp³-hybridized carbons (Fsp3) is 0.800. The largest absolute Gasteiger partial charge is 0.313 e. The Kier molecular flexibility index (Phi) is 9.44. The van der Waals surface area contributed by atoms with E-state index in [0.717, 1.165) is 13.0 Å². The maximum absolute atomic E-state index is 3.37. The van der Waals surface area contributed by atoms with Crippen molar-refractivity contribution in [1.82, 2.24) is 5.32 Å². The van der Waals surface area contributed by atoms with Gasteiger partial charge in [0.15, 0.2) is 0 Å². The van der Waals surface area contributed by atoms with E-state index in [4.69, 9.17) is 0 Å². The minimum atomic E-state index is 1.04. The van der Waals surface area contributed by atoms with Crippen molar-refractivity contribution in [2.75, 3.05) is 13.1 Å². The molecular weight excluding hydrogens is 134 g/mol. The summed E-state index contributed by atoms with van der Waals surface area (Å²) in [6.45, 7) is 6.60. The quantitative estimate of drug-likeness (QED) is 0.440. The van der Waals surface area contributed by atoms with Crippen LogP contribution in [0.2, 0.25) is 0 Å². The maximum Gasteiger partial charge on any atom is 0.0134 e. The zero-order valence-corrected chi connectivity index (χ0v) is 7.90. The van der Waals surface area contributed by atoms with E-state index in [9.17, 15) is 0 Å². The lowest BCUT2D eigenvalue weighted by molar-refractivity contribution is 0.646. The van der Waals surface area contributed by atoms with E-state index in [2.05, 4.69) is 31.3 Å². The lowest BCUT2D eigenvalue weighted by Crippen LogP contribution is -2.14. The predicted octanol–water partition coefficient (Wildman–Crippen LogP) is 2.73. The Morgan fingerprint density at radius 1 is 1.09 bits per heavy atom. The van der Waals surface area contributed by atoms with E-state index in [0.29, 0.717) is 0 Å². The van der Waals surface area contributed by atoms with Crippen LogP contribution < -0.4 is 5.32 Å². The first-order chi connectivity index (χ1) is 5.41. The van der Waals surface area contributed by atoms with Crippen LogP contribution in [0.3, 0.4) is 0 Å². The third-order valence-electron chi connectivity index (χ3n) is 1.62. The van der Waals surface area contributed by atoms with Crippen LogP contribution in [0.25, 0.3) is 0 Å². The normalized spacial score (nSPS) is 11.1. The molecule has 1 N–H and O–H groups in total. The van der Waals surface area contributed by atoms with Crippen LogP contribution in [0.15, 0.2) is 12.2 Å². The molecule has 0 unspecified atom stereocenters.